The van der Waals surface area contributed by atoms with Crippen LogP contribution in [0.4, 0.5) is 5.95 Å². The molecule has 1 N–H and O–H groups in total. The molecule has 3 atom stereocenters. The number of likely N-dealkylation sites (N-methyl/N-ethyl adjacent to an activating group) is 1. The predicted molar refractivity (Wildman–Crippen MR) is 138 cm³/mol. The number of benzene rings is 1. The van der Waals surface area contributed by atoms with Crippen LogP contribution in [-0.2, 0) is 19.6 Å². The van der Waals surface area contributed by atoms with Gasteiger partial charge in [0, 0.05) is 45.4 Å². The number of halogens is 1. The topological polar surface area (TPSA) is 151 Å². The smallest absolute Gasteiger partial charge is 0.243 e. The molecule has 15 heteroatoms. The highest BCUT2D eigenvalue weighted by Gasteiger charge is 2.37. The first-order valence-electron chi connectivity index (χ1n) is 11.5. The first kappa shape index (κ1) is 27.5. The molecule has 0 unspecified atom stereocenters. The van der Waals surface area contributed by atoms with Crippen molar-refractivity contribution in [3.8, 4) is 17.2 Å². The number of sulfonamides is 1. The van der Waals surface area contributed by atoms with Crippen LogP contribution in [0, 0.1) is 0 Å². The molecule has 38 heavy (non-hydrogen) atoms. The number of amides is 1. The molecule has 0 aliphatic carbocycles. The van der Waals surface area contributed by atoms with Gasteiger partial charge < -0.3 is 19.1 Å². The number of carbonyl (C=O) groups excluding carboxylic acids is 1. The molecule has 1 aliphatic heterocycles. The van der Waals surface area contributed by atoms with Gasteiger partial charge in [-0.2, -0.15) is 0 Å². The summed E-state index contributed by atoms with van der Waals surface area (Å²) in [5.74, 6) is 0.791. The molecule has 0 saturated carbocycles. The maximum atomic E-state index is 13.6. The van der Waals surface area contributed by atoms with Crippen LogP contribution in [0.1, 0.15) is 37.0 Å². The summed E-state index contributed by atoms with van der Waals surface area (Å²) in [5.41, 5.74) is 0.384. The highest BCUT2D eigenvalue weighted by atomic mass is 35.5. The van der Waals surface area contributed by atoms with E-state index in [9.17, 15) is 13.2 Å². The van der Waals surface area contributed by atoms with E-state index in [4.69, 9.17) is 25.8 Å². The summed E-state index contributed by atoms with van der Waals surface area (Å²) in [5, 5.41) is 7.62. The fraction of sp³-hybridized carbons (Fsp3) is 0.435. The quantitative estimate of drug-likeness (QED) is 0.387. The zero-order valence-corrected chi connectivity index (χ0v) is 23.0. The summed E-state index contributed by atoms with van der Waals surface area (Å²) < 4.78 is 47.8. The molecule has 1 saturated heterocycles. The van der Waals surface area contributed by atoms with Crippen molar-refractivity contribution in [3.63, 3.8) is 0 Å². The Morgan fingerprint density at radius 3 is 2.26 bits per heavy atom. The van der Waals surface area contributed by atoms with Gasteiger partial charge in [0.2, 0.25) is 21.9 Å². The molecule has 0 radical (unpaired) electrons. The summed E-state index contributed by atoms with van der Waals surface area (Å²) in [6, 6.07) is 5.14. The third-order valence-corrected chi connectivity index (χ3v) is 8.21. The molecule has 0 spiro atoms. The number of nitrogens with zero attached hydrogens (tertiary/aromatic N) is 6. The second-order valence-corrected chi connectivity index (χ2v) is 11.1. The second kappa shape index (κ2) is 11.1. The highest BCUT2D eigenvalue weighted by molar-refractivity contribution is 7.93. The van der Waals surface area contributed by atoms with Gasteiger partial charge in [0.1, 0.15) is 34.4 Å². The van der Waals surface area contributed by atoms with E-state index >= 15 is 0 Å². The first-order valence-corrected chi connectivity index (χ1v) is 13.5. The minimum atomic E-state index is -4.15. The van der Waals surface area contributed by atoms with E-state index in [1.165, 1.54) is 45.2 Å². The number of methoxy groups -OCH3 is 3. The lowest BCUT2D eigenvalue weighted by Gasteiger charge is -2.23. The molecule has 2 aromatic heterocycles. The van der Waals surface area contributed by atoms with Gasteiger partial charge in [0.05, 0.1) is 19.2 Å². The van der Waals surface area contributed by atoms with Crippen LogP contribution in [-0.4, -0.2) is 84.1 Å². The number of nitrogens with one attached hydrogen (secondary N) is 1. The van der Waals surface area contributed by atoms with Crippen molar-refractivity contribution in [1.82, 2.24) is 29.6 Å². The summed E-state index contributed by atoms with van der Waals surface area (Å²) in [6.45, 7) is 1.85. The Kier molecular flexibility index (Phi) is 8.04. The molecule has 1 fully saturated rings. The molecule has 3 heterocycles. The average Bonchev–Trinajstić information content (AvgIpc) is 3.46. The Bertz CT molecular complexity index is 1390. The Labute approximate surface area is 225 Å². The van der Waals surface area contributed by atoms with E-state index in [0.717, 1.165) is 0 Å². The van der Waals surface area contributed by atoms with E-state index in [-0.39, 0.29) is 30.0 Å². The average molecular weight is 566 g/mol. The van der Waals surface area contributed by atoms with Gasteiger partial charge in [-0.1, -0.05) is 17.7 Å². The van der Waals surface area contributed by atoms with Gasteiger partial charge in [0.15, 0.2) is 5.82 Å². The van der Waals surface area contributed by atoms with Crippen LogP contribution in [0.25, 0.3) is 5.69 Å². The van der Waals surface area contributed by atoms with Crippen molar-refractivity contribution in [2.45, 2.75) is 30.6 Å². The van der Waals surface area contributed by atoms with Crippen molar-refractivity contribution in [1.29, 1.82) is 0 Å². The van der Waals surface area contributed by atoms with E-state index < -0.39 is 21.4 Å². The third kappa shape index (κ3) is 5.24. The van der Waals surface area contributed by atoms with Crippen LogP contribution in [0.2, 0.25) is 5.02 Å². The summed E-state index contributed by atoms with van der Waals surface area (Å²) in [6.07, 6.45) is 1.90. The SMILES string of the molecule is COc1cccc(OC)c1-n1c(NS(=O)(=O)[C@@H](C)[C@H](OC)c2ncc(Cl)cn2)nnc1[C@@H]1CC(=O)N(C)C1. The zero-order chi connectivity index (χ0) is 27.6. The van der Waals surface area contributed by atoms with Gasteiger partial charge in [0.25, 0.3) is 0 Å². The molecule has 1 amide bonds. The Hall–Kier alpha value is -3.49. The number of ether oxygens (including phenoxy) is 3. The van der Waals surface area contributed by atoms with E-state index in [1.54, 1.807) is 30.1 Å². The maximum absolute atomic E-state index is 13.6. The van der Waals surface area contributed by atoms with Gasteiger partial charge in [-0.05, 0) is 19.1 Å². The fourth-order valence-electron chi connectivity index (χ4n) is 4.29. The summed E-state index contributed by atoms with van der Waals surface area (Å²) in [7, 11) is 1.87. The van der Waals surface area contributed by atoms with Crippen LogP contribution in [0.3, 0.4) is 0 Å². The van der Waals surface area contributed by atoms with E-state index in [1.807, 2.05) is 0 Å². The van der Waals surface area contributed by atoms with Gasteiger partial charge in [-0.3, -0.25) is 14.1 Å². The normalized spacial score (nSPS) is 17.4. The lowest BCUT2D eigenvalue weighted by molar-refractivity contribution is -0.126. The highest BCUT2D eigenvalue weighted by Crippen LogP contribution is 2.39. The molecule has 1 aliphatic rings. The number of rotatable bonds is 10. The molecular weight excluding hydrogens is 538 g/mol. The van der Waals surface area contributed by atoms with E-state index in [0.29, 0.717) is 34.6 Å². The molecule has 4 rings (SSSR count). The largest absolute Gasteiger partial charge is 0.494 e. The van der Waals surface area contributed by atoms with Gasteiger partial charge in [-0.15, -0.1) is 10.2 Å². The third-order valence-electron chi connectivity index (χ3n) is 6.32. The minimum Gasteiger partial charge on any atom is -0.494 e. The van der Waals surface area contributed by atoms with Crippen LogP contribution in [0.15, 0.2) is 30.6 Å². The van der Waals surface area contributed by atoms with Crippen molar-refractivity contribution >= 4 is 33.5 Å². The molecule has 1 aromatic carbocycles. The number of aromatic nitrogens is 5. The molecule has 3 aromatic rings. The van der Waals surface area contributed by atoms with Crippen LogP contribution < -0.4 is 14.2 Å². The number of para-hydroxylation sites is 1. The summed E-state index contributed by atoms with van der Waals surface area (Å²) in [4.78, 5) is 22.1. The number of likely N-dealkylation sites (tertiary alicyclic amines) is 1. The number of anilines is 1. The second-order valence-electron chi connectivity index (χ2n) is 8.67. The molecule has 0 bridgehead atoms. The minimum absolute atomic E-state index is 0.0572. The Balaban J connectivity index is 1.80. The molecule has 204 valence electrons. The molecular formula is C23H28ClN7O6S. The number of hydrogen-bond donors (Lipinski definition) is 1. The zero-order valence-electron chi connectivity index (χ0n) is 21.5. The van der Waals surface area contributed by atoms with Crippen LogP contribution in [0.5, 0.6) is 11.5 Å². The number of carbonyl (C=O) groups is 1. The maximum Gasteiger partial charge on any atom is 0.243 e. The predicted octanol–water partition coefficient (Wildman–Crippen LogP) is 2.19. The molecule has 13 nitrogen and oxygen atoms in total. The van der Waals surface area contributed by atoms with Crippen molar-refractivity contribution in [2.75, 3.05) is 39.6 Å². The van der Waals surface area contributed by atoms with Gasteiger partial charge >= 0.3 is 0 Å². The number of hydrogen-bond acceptors (Lipinski definition) is 10. The van der Waals surface area contributed by atoms with Crippen LogP contribution >= 0.6 is 11.6 Å². The Morgan fingerprint density at radius 1 is 1.11 bits per heavy atom. The van der Waals surface area contributed by atoms with E-state index in [2.05, 4.69) is 24.9 Å². The first-order chi connectivity index (χ1) is 18.1. The van der Waals surface area contributed by atoms with Crippen molar-refractivity contribution in [2.24, 2.45) is 0 Å². The Morgan fingerprint density at radius 2 is 1.74 bits per heavy atom. The lowest BCUT2D eigenvalue weighted by atomic mass is 10.1. The fourth-order valence-corrected chi connectivity index (χ4v) is 5.52. The van der Waals surface area contributed by atoms with Crippen molar-refractivity contribution < 1.29 is 27.4 Å². The lowest BCUT2D eigenvalue weighted by Crippen LogP contribution is -2.33. The monoisotopic (exact) mass is 565 g/mol. The van der Waals surface area contributed by atoms with Gasteiger partial charge in [-0.25, -0.2) is 18.4 Å². The standard InChI is InChI=1S/C23H28ClN7O6S/c1-13(20(37-5)21-25-10-15(24)11-26-21)38(33,34)29-23-28-27-22(14-9-18(32)30(2)12-14)31(23)19-16(35-3)7-6-8-17(19)36-4/h6-8,10-11,13-14,20H,9,12H2,1-5H3,(H,28,29)/t13-,14+,20-/m0/s1. The van der Waals surface area contributed by atoms with Crippen molar-refractivity contribution in [3.05, 3.63) is 47.3 Å². The summed E-state index contributed by atoms with van der Waals surface area (Å²) >= 11 is 5.88.